The standard InChI is InChI=1S/C55H65N5O14/c1-7-37(35-30-45(70-4)50(72-6)46(31-35)71-5)52(64)59-28-11-8-15-41(59)55(67)74-42(23-16-33-17-24-43(68-2)44(29-33)69-3)34-18-20-36(21-19-34)73-32-48(62)57-27-10-9-26-56-39-14-12-13-38-49(39)54(66)60(53(38)65)40-22-25-47(61)58-51(40)63/h12-14,17-21,24,29-31,37,40-42,56H,7-11,15-16,22-23,25-28,32H2,1-6H3,(H,57,62)(H,58,61,63)/t37?,40?,41-,42+/m0/s1. The number of piperidine rings is 2. The number of carbonyl (C=O) groups excluding carboxylic acids is 7. The molecule has 3 aliphatic rings. The van der Waals surface area contributed by atoms with Crippen LogP contribution in [0.15, 0.2) is 72.8 Å². The van der Waals surface area contributed by atoms with Crippen molar-refractivity contribution in [2.45, 2.75) is 95.2 Å². The zero-order valence-electron chi connectivity index (χ0n) is 42.7. The van der Waals surface area contributed by atoms with E-state index < -0.39 is 53.7 Å². The topological polar surface area (TPSA) is 227 Å². The number of unbranched alkanes of at least 4 members (excludes halogenated alkanes) is 1. The summed E-state index contributed by atoms with van der Waals surface area (Å²) in [4.78, 5) is 95.0. The van der Waals surface area contributed by atoms with Crippen molar-refractivity contribution < 1.29 is 66.7 Å². The number of benzene rings is 4. The highest BCUT2D eigenvalue weighted by Gasteiger charge is 2.46. The Hall–Kier alpha value is -7.83. The minimum Gasteiger partial charge on any atom is -0.493 e. The van der Waals surface area contributed by atoms with E-state index >= 15 is 0 Å². The summed E-state index contributed by atoms with van der Waals surface area (Å²) in [5, 5.41) is 8.27. The molecule has 3 heterocycles. The molecule has 74 heavy (non-hydrogen) atoms. The second-order valence-corrected chi connectivity index (χ2v) is 18.1. The number of ether oxygens (including phenoxy) is 7. The van der Waals surface area contributed by atoms with Crippen LogP contribution in [0.1, 0.15) is 114 Å². The molecule has 0 saturated carbocycles. The van der Waals surface area contributed by atoms with Gasteiger partial charge in [0, 0.05) is 31.7 Å². The lowest BCUT2D eigenvalue weighted by atomic mass is 9.91. The highest BCUT2D eigenvalue weighted by molar-refractivity contribution is 6.25. The number of carbonyl (C=O) groups is 7. The largest absolute Gasteiger partial charge is 0.493 e. The zero-order chi connectivity index (χ0) is 52.9. The number of imide groups is 2. The van der Waals surface area contributed by atoms with E-state index in [1.165, 1.54) is 27.4 Å². The van der Waals surface area contributed by atoms with Crippen LogP contribution in [-0.2, 0) is 35.1 Å². The van der Waals surface area contributed by atoms with Crippen LogP contribution in [0.2, 0.25) is 0 Å². The van der Waals surface area contributed by atoms with Crippen molar-refractivity contribution in [1.82, 2.24) is 20.4 Å². The van der Waals surface area contributed by atoms with Crippen LogP contribution in [-0.4, -0.2) is 125 Å². The first kappa shape index (κ1) is 54.0. The van der Waals surface area contributed by atoms with Gasteiger partial charge in [0.1, 0.15) is 23.9 Å². The molecule has 19 nitrogen and oxygen atoms in total. The minimum absolute atomic E-state index is 0.0327. The minimum atomic E-state index is -1.06. The maximum atomic E-state index is 14.5. The molecule has 2 fully saturated rings. The Labute approximate surface area is 430 Å². The fraction of sp³-hybridized carbons (Fsp3) is 0.436. The Balaban J connectivity index is 0.946. The van der Waals surface area contributed by atoms with Gasteiger partial charge >= 0.3 is 5.97 Å². The van der Waals surface area contributed by atoms with Crippen LogP contribution >= 0.6 is 0 Å². The maximum absolute atomic E-state index is 14.5. The Morgan fingerprint density at radius 2 is 1.47 bits per heavy atom. The number of methoxy groups -OCH3 is 5. The van der Waals surface area contributed by atoms with Crippen LogP contribution in [0.5, 0.6) is 34.5 Å². The third-order valence-corrected chi connectivity index (χ3v) is 13.6. The SMILES string of the molecule is CCC(C(=O)N1CCCC[C@H]1C(=O)O[C@H](CCc1ccc(OC)c(OC)c1)c1ccc(OCC(=O)NCCCCNc2cccc3c2C(=O)N(C2CCC(=O)NC2=O)C3=O)cc1)c1cc(OC)c(OC)c(OC)c1. The van der Waals surface area contributed by atoms with Crippen molar-refractivity contribution in [1.29, 1.82) is 0 Å². The molecule has 7 rings (SSSR count). The highest BCUT2D eigenvalue weighted by atomic mass is 16.5. The first-order chi connectivity index (χ1) is 35.8. The lowest BCUT2D eigenvalue weighted by Gasteiger charge is -2.37. The molecule has 0 aromatic heterocycles. The summed E-state index contributed by atoms with van der Waals surface area (Å²) in [7, 11) is 7.70. The lowest BCUT2D eigenvalue weighted by molar-refractivity contribution is -0.162. The zero-order valence-corrected chi connectivity index (χ0v) is 42.7. The average molecular weight is 1020 g/mol. The smallest absolute Gasteiger partial charge is 0.329 e. The van der Waals surface area contributed by atoms with Gasteiger partial charge in [0.05, 0.1) is 52.6 Å². The van der Waals surface area contributed by atoms with Crippen molar-refractivity contribution in [3.8, 4) is 34.5 Å². The van der Waals surface area contributed by atoms with E-state index in [0.29, 0.717) is 109 Å². The molecule has 4 atom stereocenters. The quantitative estimate of drug-likeness (QED) is 0.0397. The van der Waals surface area contributed by atoms with Crippen molar-refractivity contribution in [3.05, 3.63) is 101 Å². The third-order valence-electron chi connectivity index (χ3n) is 13.6. The molecule has 3 N–H and O–H groups in total. The van der Waals surface area contributed by atoms with Gasteiger partial charge in [-0.25, -0.2) is 4.79 Å². The second kappa shape index (κ2) is 25.2. The van der Waals surface area contributed by atoms with Gasteiger partial charge in [0.2, 0.25) is 23.5 Å². The van der Waals surface area contributed by atoms with Gasteiger partial charge in [-0.2, -0.15) is 0 Å². The van der Waals surface area contributed by atoms with E-state index in [1.807, 2.05) is 25.1 Å². The lowest BCUT2D eigenvalue weighted by Crippen LogP contribution is -2.54. The number of aryl methyl sites for hydroxylation is 1. The molecular weight excluding hydrogens is 955 g/mol. The van der Waals surface area contributed by atoms with Crippen LogP contribution in [0.3, 0.4) is 0 Å². The normalized spacial score (nSPS) is 17.1. The van der Waals surface area contributed by atoms with Crippen molar-refractivity contribution in [2.75, 3.05) is 67.1 Å². The van der Waals surface area contributed by atoms with Gasteiger partial charge in [-0.15, -0.1) is 0 Å². The predicted molar refractivity (Wildman–Crippen MR) is 271 cm³/mol. The molecule has 3 aliphatic heterocycles. The number of likely N-dealkylation sites (tertiary alicyclic amines) is 1. The number of hydrogen-bond donors (Lipinski definition) is 3. The van der Waals surface area contributed by atoms with Gasteiger partial charge in [0.25, 0.3) is 17.7 Å². The summed E-state index contributed by atoms with van der Waals surface area (Å²) in [6, 6.07) is 19.2. The van der Waals surface area contributed by atoms with E-state index in [9.17, 15) is 33.6 Å². The predicted octanol–water partition coefficient (Wildman–Crippen LogP) is 6.31. The summed E-state index contributed by atoms with van der Waals surface area (Å²) in [5.74, 6) is -1.04. The molecule has 6 amide bonds. The first-order valence-electron chi connectivity index (χ1n) is 24.9. The number of nitrogens with zero attached hydrogens (tertiary/aromatic N) is 2. The molecule has 0 bridgehead atoms. The van der Waals surface area contributed by atoms with E-state index in [-0.39, 0.29) is 42.4 Å². The van der Waals surface area contributed by atoms with Crippen LogP contribution < -0.4 is 44.4 Å². The number of fused-ring (bicyclic) bond motifs is 1. The molecule has 0 aliphatic carbocycles. The van der Waals surface area contributed by atoms with Crippen molar-refractivity contribution >= 4 is 47.1 Å². The summed E-state index contributed by atoms with van der Waals surface area (Å²) < 4.78 is 39.9. The van der Waals surface area contributed by atoms with Gasteiger partial charge < -0.3 is 48.7 Å². The molecule has 4 aromatic carbocycles. The summed E-state index contributed by atoms with van der Waals surface area (Å²) in [5.41, 5.74) is 3.14. The number of anilines is 1. The van der Waals surface area contributed by atoms with Crippen molar-refractivity contribution in [2.24, 2.45) is 0 Å². The highest BCUT2D eigenvalue weighted by Crippen LogP contribution is 2.42. The molecule has 0 radical (unpaired) electrons. The maximum Gasteiger partial charge on any atom is 0.329 e. The fourth-order valence-electron chi connectivity index (χ4n) is 9.68. The Morgan fingerprint density at radius 3 is 2.15 bits per heavy atom. The fourth-order valence-corrected chi connectivity index (χ4v) is 9.68. The molecule has 394 valence electrons. The number of hydrogen-bond acceptors (Lipinski definition) is 15. The molecule has 4 aromatic rings. The van der Waals surface area contributed by atoms with Crippen molar-refractivity contribution in [3.63, 3.8) is 0 Å². The molecule has 2 unspecified atom stereocenters. The molecule has 19 heteroatoms. The first-order valence-corrected chi connectivity index (χ1v) is 24.9. The number of amides is 6. The average Bonchev–Trinajstić information content (AvgIpc) is 3.68. The molecule has 0 spiro atoms. The summed E-state index contributed by atoms with van der Waals surface area (Å²) in [6.45, 7) is 2.87. The van der Waals surface area contributed by atoms with E-state index in [0.717, 1.165) is 23.3 Å². The van der Waals surface area contributed by atoms with E-state index in [2.05, 4.69) is 16.0 Å². The van der Waals surface area contributed by atoms with Crippen LogP contribution in [0.4, 0.5) is 5.69 Å². The number of esters is 1. The van der Waals surface area contributed by atoms with Crippen LogP contribution in [0.25, 0.3) is 0 Å². The van der Waals surface area contributed by atoms with Gasteiger partial charge in [-0.1, -0.05) is 31.2 Å². The Kier molecular flexibility index (Phi) is 18.4. The second-order valence-electron chi connectivity index (χ2n) is 18.1. The monoisotopic (exact) mass is 1020 g/mol. The van der Waals surface area contributed by atoms with Gasteiger partial charge in [-0.05, 0) is 123 Å². The molecule has 2 saturated heterocycles. The van der Waals surface area contributed by atoms with E-state index in [1.54, 1.807) is 67.7 Å². The van der Waals surface area contributed by atoms with Gasteiger partial charge in [0.15, 0.2) is 29.6 Å². The van der Waals surface area contributed by atoms with E-state index in [4.69, 9.17) is 33.2 Å². The third kappa shape index (κ3) is 12.3. The van der Waals surface area contributed by atoms with Crippen LogP contribution in [0, 0.1) is 0 Å². The number of rotatable bonds is 24. The summed E-state index contributed by atoms with van der Waals surface area (Å²) in [6.07, 6.45) is 3.91. The molecular formula is C55H65N5O14. The van der Waals surface area contributed by atoms with Gasteiger partial charge in [-0.3, -0.25) is 39.0 Å². The Morgan fingerprint density at radius 1 is 0.757 bits per heavy atom. The summed E-state index contributed by atoms with van der Waals surface area (Å²) >= 11 is 0. The Bertz CT molecular complexity index is 2690. The number of nitrogens with one attached hydrogen (secondary N) is 3.